The van der Waals surface area contributed by atoms with Crippen LogP contribution in [0.5, 0.6) is 0 Å². The minimum absolute atomic E-state index is 0.282. The summed E-state index contributed by atoms with van der Waals surface area (Å²) in [6, 6.07) is 14.9. The van der Waals surface area contributed by atoms with E-state index in [1.54, 1.807) is 0 Å². The highest BCUT2D eigenvalue weighted by Gasteiger charge is 1.97. The first-order chi connectivity index (χ1) is 8.25. The van der Waals surface area contributed by atoms with Crippen LogP contribution >= 0.6 is 11.8 Å². The van der Waals surface area contributed by atoms with Crippen molar-refractivity contribution in [2.75, 3.05) is 5.75 Å². The molecule has 0 amide bonds. The number of nitrogens with one attached hydrogen (secondary N) is 1. The fourth-order valence-electron chi connectivity index (χ4n) is 1.71. The fraction of sp³-hybridized carbons (Fsp3) is 0.214. The number of hydrogen-bond acceptors (Lipinski definition) is 2. The Morgan fingerprint density at radius 3 is 2.65 bits per heavy atom. The Hall–Kier alpha value is -1.48. The highest BCUT2D eigenvalue weighted by atomic mass is 32.2. The van der Waals surface area contributed by atoms with Gasteiger partial charge in [0, 0.05) is 11.3 Å². The Labute approximate surface area is 106 Å². The van der Waals surface area contributed by atoms with Crippen LogP contribution in [-0.4, -0.2) is 11.6 Å². The fourth-order valence-corrected chi connectivity index (χ4v) is 2.61. The van der Waals surface area contributed by atoms with Gasteiger partial charge in [0.05, 0.1) is 5.84 Å². The molecule has 0 saturated heterocycles. The standard InChI is InChI=1S/C14H16N2S/c15-14(16)6-3-9-17-13-8-7-11-4-1-2-5-12(11)10-13/h1-2,4-5,7-8,10H,3,6,9H2,(H3,15,16). The van der Waals surface area contributed by atoms with Gasteiger partial charge in [-0.1, -0.05) is 30.3 Å². The van der Waals surface area contributed by atoms with Crippen molar-refractivity contribution < 1.29 is 0 Å². The van der Waals surface area contributed by atoms with E-state index in [2.05, 4.69) is 42.5 Å². The van der Waals surface area contributed by atoms with Gasteiger partial charge in [0.15, 0.2) is 0 Å². The Morgan fingerprint density at radius 1 is 1.12 bits per heavy atom. The smallest absolute Gasteiger partial charge is 0.0905 e. The summed E-state index contributed by atoms with van der Waals surface area (Å²) in [4.78, 5) is 1.28. The zero-order valence-electron chi connectivity index (χ0n) is 9.65. The van der Waals surface area contributed by atoms with Gasteiger partial charge in [-0.2, -0.15) is 0 Å². The molecule has 0 saturated carbocycles. The van der Waals surface area contributed by atoms with Crippen LogP contribution in [0.15, 0.2) is 47.4 Å². The van der Waals surface area contributed by atoms with Gasteiger partial charge in [-0.15, -0.1) is 11.8 Å². The molecule has 3 N–H and O–H groups in total. The second-order valence-corrected chi connectivity index (χ2v) is 5.15. The molecular weight excluding hydrogens is 228 g/mol. The van der Waals surface area contributed by atoms with Gasteiger partial charge in [0.1, 0.15) is 0 Å². The van der Waals surface area contributed by atoms with E-state index < -0.39 is 0 Å². The summed E-state index contributed by atoms with van der Waals surface area (Å²) in [6.07, 6.45) is 1.66. The molecule has 3 heteroatoms. The molecular formula is C14H16N2S. The van der Waals surface area contributed by atoms with Crippen molar-refractivity contribution in [3.8, 4) is 0 Å². The molecule has 88 valence electrons. The molecule has 0 aromatic heterocycles. The van der Waals surface area contributed by atoms with Crippen LogP contribution in [0.2, 0.25) is 0 Å². The highest BCUT2D eigenvalue weighted by molar-refractivity contribution is 7.99. The number of amidine groups is 1. The van der Waals surface area contributed by atoms with E-state index >= 15 is 0 Å². The van der Waals surface area contributed by atoms with Crippen LogP contribution in [-0.2, 0) is 0 Å². The van der Waals surface area contributed by atoms with Crippen molar-refractivity contribution in [3.63, 3.8) is 0 Å². The Bertz CT molecular complexity index is 522. The van der Waals surface area contributed by atoms with Gasteiger partial charge in [0.25, 0.3) is 0 Å². The molecule has 2 nitrogen and oxygen atoms in total. The normalized spacial score (nSPS) is 10.6. The summed E-state index contributed by atoms with van der Waals surface area (Å²) >= 11 is 1.83. The molecule has 0 heterocycles. The molecule has 0 aliphatic carbocycles. The summed E-state index contributed by atoms with van der Waals surface area (Å²) in [5.74, 6) is 1.29. The largest absolute Gasteiger partial charge is 0.388 e. The lowest BCUT2D eigenvalue weighted by atomic mass is 10.1. The van der Waals surface area contributed by atoms with Crippen LogP contribution in [0.25, 0.3) is 10.8 Å². The zero-order chi connectivity index (χ0) is 12.1. The van der Waals surface area contributed by atoms with Crippen molar-refractivity contribution in [1.82, 2.24) is 0 Å². The number of benzene rings is 2. The van der Waals surface area contributed by atoms with Crippen LogP contribution in [0.3, 0.4) is 0 Å². The molecule has 0 unspecified atom stereocenters. The van der Waals surface area contributed by atoms with E-state index in [1.165, 1.54) is 15.7 Å². The summed E-state index contributed by atoms with van der Waals surface area (Å²) in [6.45, 7) is 0. The van der Waals surface area contributed by atoms with Gasteiger partial charge >= 0.3 is 0 Å². The van der Waals surface area contributed by atoms with E-state index in [0.717, 1.165) is 12.2 Å². The van der Waals surface area contributed by atoms with Crippen LogP contribution < -0.4 is 5.73 Å². The van der Waals surface area contributed by atoms with Gasteiger partial charge in [0.2, 0.25) is 0 Å². The lowest BCUT2D eigenvalue weighted by Gasteiger charge is -2.03. The van der Waals surface area contributed by atoms with Gasteiger partial charge < -0.3 is 5.73 Å². The number of hydrogen-bond donors (Lipinski definition) is 2. The third-order valence-corrected chi connectivity index (χ3v) is 3.66. The third-order valence-electron chi connectivity index (χ3n) is 2.58. The Morgan fingerprint density at radius 2 is 1.88 bits per heavy atom. The molecule has 2 aromatic rings. The van der Waals surface area contributed by atoms with E-state index in [-0.39, 0.29) is 5.84 Å². The summed E-state index contributed by atoms with van der Waals surface area (Å²) in [7, 11) is 0. The first-order valence-corrected chi connectivity index (χ1v) is 6.69. The molecule has 0 fully saturated rings. The predicted octanol–water partition coefficient (Wildman–Crippen LogP) is 3.65. The maximum Gasteiger partial charge on any atom is 0.0905 e. The van der Waals surface area contributed by atoms with E-state index in [0.29, 0.717) is 6.42 Å². The summed E-state index contributed by atoms with van der Waals surface area (Å²) in [5, 5.41) is 9.71. The van der Waals surface area contributed by atoms with Crippen molar-refractivity contribution in [2.24, 2.45) is 5.73 Å². The summed E-state index contributed by atoms with van der Waals surface area (Å²) in [5.41, 5.74) is 5.32. The quantitative estimate of drug-likeness (QED) is 0.365. The van der Waals surface area contributed by atoms with E-state index in [9.17, 15) is 0 Å². The van der Waals surface area contributed by atoms with Crippen LogP contribution in [0.1, 0.15) is 12.8 Å². The highest BCUT2D eigenvalue weighted by Crippen LogP contribution is 2.24. The van der Waals surface area contributed by atoms with Crippen LogP contribution in [0, 0.1) is 5.41 Å². The van der Waals surface area contributed by atoms with Crippen molar-refractivity contribution in [1.29, 1.82) is 5.41 Å². The topological polar surface area (TPSA) is 49.9 Å². The Balaban J connectivity index is 1.97. The van der Waals surface area contributed by atoms with Crippen molar-refractivity contribution >= 4 is 28.4 Å². The summed E-state index contributed by atoms with van der Waals surface area (Å²) < 4.78 is 0. The predicted molar refractivity (Wildman–Crippen MR) is 75.8 cm³/mol. The molecule has 0 spiro atoms. The maximum absolute atomic E-state index is 7.15. The van der Waals surface area contributed by atoms with Gasteiger partial charge in [-0.25, -0.2) is 0 Å². The SMILES string of the molecule is N=C(N)CCCSc1ccc2ccccc2c1. The molecule has 0 atom stereocenters. The van der Waals surface area contributed by atoms with Gasteiger partial charge in [-0.05, 0) is 35.1 Å². The maximum atomic E-state index is 7.15. The third kappa shape index (κ3) is 3.49. The van der Waals surface area contributed by atoms with E-state index in [1.807, 2.05) is 11.8 Å². The Kier molecular flexibility index (Phi) is 4.04. The lowest BCUT2D eigenvalue weighted by Crippen LogP contribution is -2.08. The molecule has 0 aliphatic heterocycles. The lowest BCUT2D eigenvalue weighted by molar-refractivity contribution is 0.988. The zero-order valence-corrected chi connectivity index (χ0v) is 10.5. The second-order valence-electron chi connectivity index (χ2n) is 3.99. The first kappa shape index (κ1) is 12.0. The van der Waals surface area contributed by atoms with Crippen molar-refractivity contribution in [3.05, 3.63) is 42.5 Å². The van der Waals surface area contributed by atoms with Gasteiger partial charge in [-0.3, -0.25) is 5.41 Å². The molecule has 0 radical (unpaired) electrons. The minimum atomic E-state index is 0.282. The first-order valence-electron chi connectivity index (χ1n) is 5.70. The average molecular weight is 244 g/mol. The van der Waals surface area contributed by atoms with E-state index in [4.69, 9.17) is 11.1 Å². The minimum Gasteiger partial charge on any atom is -0.388 e. The number of rotatable bonds is 5. The molecule has 0 bridgehead atoms. The number of fused-ring (bicyclic) bond motifs is 1. The molecule has 0 aliphatic rings. The molecule has 2 aromatic carbocycles. The van der Waals surface area contributed by atoms with Crippen LogP contribution in [0.4, 0.5) is 0 Å². The number of thioether (sulfide) groups is 1. The molecule has 2 rings (SSSR count). The van der Waals surface area contributed by atoms with Crippen molar-refractivity contribution in [2.45, 2.75) is 17.7 Å². The molecule has 17 heavy (non-hydrogen) atoms. The second kappa shape index (κ2) is 5.73. The number of nitrogens with two attached hydrogens (primary N) is 1. The average Bonchev–Trinajstić information content (AvgIpc) is 2.34. The monoisotopic (exact) mass is 244 g/mol.